The van der Waals surface area contributed by atoms with Gasteiger partial charge in [-0.2, -0.15) is 4.98 Å². The number of hydrogen-bond donors (Lipinski definition) is 0. The van der Waals surface area contributed by atoms with E-state index in [1.807, 2.05) is 40.1 Å². The summed E-state index contributed by atoms with van der Waals surface area (Å²) in [4.78, 5) is 24.3. The third-order valence-corrected chi connectivity index (χ3v) is 6.52. The van der Waals surface area contributed by atoms with E-state index in [1.165, 1.54) is 5.69 Å². The molecule has 33 heavy (non-hydrogen) atoms. The average molecular weight is 448 g/mol. The maximum atomic E-state index is 13.3. The highest BCUT2D eigenvalue weighted by Gasteiger charge is 2.32. The Bertz CT molecular complexity index is 1060. The Kier molecular flexibility index (Phi) is 6.15. The van der Waals surface area contributed by atoms with E-state index in [0.717, 1.165) is 56.9 Å². The molecule has 8 nitrogen and oxygen atoms in total. The quantitative estimate of drug-likeness (QED) is 0.594. The summed E-state index contributed by atoms with van der Waals surface area (Å²) in [6, 6.07) is 18.4. The molecule has 2 aliphatic heterocycles. The van der Waals surface area contributed by atoms with Crippen LogP contribution in [0.4, 0.5) is 11.7 Å². The van der Waals surface area contributed by atoms with E-state index in [1.54, 1.807) is 7.11 Å². The number of rotatable bonds is 5. The van der Waals surface area contributed by atoms with Gasteiger partial charge in [-0.05, 0) is 49.2 Å². The van der Waals surface area contributed by atoms with E-state index in [2.05, 4.69) is 39.3 Å². The number of anilines is 2. The van der Waals surface area contributed by atoms with E-state index < -0.39 is 0 Å². The summed E-state index contributed by atoms with van der Waals surface area (Å²) in [5.41, 5.74) is 2.09. The molecule has 0 bridgehead atoms. The van der Waals surface area contributed by atoms with Gasteiger partial charge in [-0.15, -0.1) is 0 Å². The van der Waals surface area contributed by atoms with Crippen molar-refractivity contribution in [3.63, 3.8) is 0 Å². The minimum atomic E-state index is -0.0432. The maximum absolute atomic E-state index is 13.3. The van der Waals surface area contributed by atoms with Crippen molar-refractivity contribution in [1.82, 2.24) is 15.0 Å². The fourth-order valence-electron chi connectivity index (χ4n) is 4.64. The van der Waals surface area contributed by atoms with E-state index >= 15 is 0 Å². The van der Waals surface area contributed by atoms with Crippen LogP contribution >= 0.6 is 0 Å². The van der Waals surface area contributed by atoms with Crippen molar-refractivity contribution in [2.45, 2.75) is 12.8 Å². The number of ether oxygens (including phenoxy) is 1. The first kappa shape index (κ1) is 21.3. The molecule has 2 aromatic carbocycles. The smallest absolute Gasteiger partial charge is 0.324 e. The SMILES string of the molecule is COc1ccc(-c2noc(N3CCC[C@@H](C(=O)N4CCN(c5ccccc5)CC4)C3)n2)cc1. The van der Waals surface area contributed by atoms with Gasteiger partial charge in [0.15, 0.2) is 0 Å². The van der Waals surface area contributed by atoms with Crippen LogP contribution in [0.2, 0.25) is 0 Å². The zero-order valence-electron chi connectivity index (χ0n) is 18.9. The second-order valence-corrected chi connectivity index (χ2v) is 8.56. The first-order valence-electron chi connectivity index (χ1n) is 11.5. The molecule has 8 heteroatoms. The Labute approximate surface area is 193 Å². The van der Waals surface area contributed by atoms with E-state index in [0.29, 0.717) is 18.4 Å². The number of carbonyl (C=O) groups is 1. The lowest BCUT2D eigenvalue weighted by Gasteiger charge is -2.39. The summed E-state index contributed by atoms with van der Waals surface area (Å²) >= 11 is 0. The minimum absolute atomic E-state index is 0.0432. The van der Waals surface area contributed by atoms with Crippen molar-refractivity contribution in [3.8, 4) is 17.1 Å². The number of amides is 1. The van der Waals surface area contributed by atoms with Gasteiger partial charge in [0, 0.05) is 50.5 Å². The molecule has 0 saturated carbocycles. The second-order valence-electron chi connectivity index (χ2n) is 8.56. The van der Waals surface area contributed by atoms with Gasteiger partial charge in [0.05, 0.1) is 13.0 Å². The van der Waals surface area contributed by atoms with Crippen molar-refractivity contribution in [2.75, 3.05) is 56.2 Å². The molecule has 1 atom stereocenters. The Balaban J connectivity index is 1.19. The number of piperazine rings is 1. The monoisotopic (exact) mass is 447 g/mol. The number of para-hydroxylation sites is 1. The van der Waals surface area contributed by atoms with Crippen LogP contribution in [0.15, 0.2) is 59.1 Å². The Morgan fingerprint density at radius 3 is 2.45 bits per heavy atom. The zero-order valence-corrected chi connectivity index (χ0v) is 18.9. The summed E-state index contributed by atoms with van der Waals surface area (Å²) < 4.78 is 10.8. The highest BCUT2D eigenvalue weighted by Crippen LogP contribution is 2.27. The predicted octanol–water partition coefficient (Wildman–Crippen LogP) is 3.31. The number of aromatic nitrogens is 2. The van der Waals surface area contributed by atoms with Crippen molar-refractivity contribution in [3.05, 3.63) is 54.6 Å². The van der Waals surface area contributed by atoms with Gasteiger partial charge in [0.1, 0.15) is 5.75 Å². The Hall–Kier alpha value is -3.55. The molecule has 3 aromatic rings. The molecule has 2 fully saturated rings. The van der Waals surface area contributed by atoms with E-state index in [-0.39, 0.29) is 11.8 Å². The lowest BCUT2D eigenvalue weighted by molar-refractivity contribution is -0.136. The van der Waals surface area contributed by atoms with Crippen molar-refractivity contribution in [2.24, 2.45) is 5.92 Å². The van der Waals surface area contributed by atoms with Crippen molar-refractivity contribution in [1.29, 1.82) is 0 Å². The number of piperidine rings is 1. The fraction of sp³-hybridized carbons (Fsp3) is 0.400. The number of benzene rings is 2. The topological polar surface area (TPSA) is 74.9 Å². The Morgan fingerprint density at radius 1 is 0.970 bits per heavy atom. The third-order valence-electron chi connectivity index (χ3n) is 6.52. The molecule has 1 amide bonds. The fourth-order valence-corrected chi connectivity index (χ4v) is 4.64. The van der Waals surface area contributed by atoms with Gasteiger partial charge in [0.25, 0.3) is 0 Å². The summed E-state index contributed by atoms with van der Waals surface area (Å²) in [6.07, 6.45) is 1.83. The number of carbonyl (C=O) groups excluding carboxylic acids is 1. The van der Waals surface area contributed by atoms with E-state index in [4.69, 9.17) is 9.26 Å². The second kappa shape index (κ2) is 9.52. The molecular weight excluding hydrogens is 418 g/mol. The first-order valence-corrected chi connectivity index (χ1v) is 11.5. The van der Waals surface area contributed by atoms with Crippen LogP contribution in [0.25, 0.3) is 11.4 Å². The van der Waals surface area contributed by atoms with Crippen LogP contribution in [0, 0.1) is 5.92 Å². The predicted molar refractivity (Wildman–Crippen MR) is 126 cm³/mol. The zero-order chi connectivity index (χ0) is 22.6. The van der Waals surface area contributed by atoms with Crippen molar-refractivity contribution >= 4 is 17.6 Å². The summed E-state index contributed by atoms with van der Waals surface area (Å²) in [6.45, 7) is 4.67. The normalized spacial score (nSPS) is 18.9. The molecule has 0 N–H and O–H groups in total. The first-order chi connectivity index (χ1) is 16.2. The van der Waals surface area contributed by atoms with Crippen LogP contribution in [-0.4, -0.2) is 67.3 Å². The molecule has 2 aliphatic rings. The largest absolute Gasteiger partial charge is 0.497 e. The number of methoxy groups -OCH3 is 1. The number of hydrogen-bond acceptors (Lipinski definition) is 7. The molecular formula is C25H29N5O3. The molecule has 1 aromatic heterocycles. The minimum Gasteiger partial charge on any atom is -0.497 e. The average Bonchev–Trinajstić information content (AvgIpc) is 3.39. The van der Waals surface area contributed by atoms with Crippen LogP contribution in [0.5, 0.6) is 5.75 Å². The van der Waals surface area contributed by atoms with Gasteiger partial charge >= 0.3 is 6.01 Å². The van der Waals surface area contributed by atoms with Gasteiger partial charge in [-0.3, -0.25) is 4.79 Å². The highest BCUT2D eigenvalue weighted by molar-refractivity contribution is 5.80. The lowest BCUT2D eigenvalue weighted by atomic mass is 9.96. The van der Waals surface area contributed by atoms with E-state index in [9.17, 15) is 4.79 Å². The molecule has 0 radical (unpaired) electrons. The summed E-state index contributed by atoms with van der Waals surface area (Å²) in [7, 11) is 1.64. The molecule has 5 rings (SSSR count). The lowest BCUT2D eigenvalue weighted by Crippen LogP contribution is -2.52. The van der Waals surface area contributed by atoms with Crippen LogP contribution < -0.4 is 14.5 Å². The summed E-state index contributed by atoms with van der Waals surface area (Å²) in [5, 5.41) is 4.14. The van der Waals surface area contributed by atoms with Crippen LogP contribution in [0.1, 0.15) is 12.8 Å². The maximum Gasteiger partial charge on any atom is 0.324 e. The number of nitrogens with zero attached hydrogens (tertiary/aromatic N) is 5. The molecule has 172 valence electrons. The molecule has 3 heterocycles. The van der Waals surface area contributed by atoms with Crippen LogP contribution in [-0.2, 0) is 4.79 Å². The summed E-state index contributed by atoms with van der Waals surface area (Å²) in [5.74, 6) is 1.52. The van der Waals surface area contributed by atoms with Gasteiger partial charge in [-0.25, -0.2) is 0 Å². The van der Waals surface area contributed by atoms with Gasteiger partial charge in [0.2, 0.25) is 11.7 Å². The molecule has 0 spiro atoms. The Morgan fingerprint density at radius 2 is 1.73 bits per heavy atom. The molecule has 2 saturated heterocycles. The van der Waals surface area contributed by atoms with Crippen LogP contribution in [0.3, 0.4) is 0 Å². The van der Waals surface area contributed by atoms with Gasteiger partial charge in [-0.1, -0.05) is 23.4 Å². The standard InChI is InChI=1S/C25H29N5O3/c1-32-22-11-9-19(10-12-22)23-26-25(33-27-23)30-13-5-6-20(18-30)24(31)29-16-14-28(15-17-29)21-7-3-2-4-8-21/h2-4,7-12,20H,5-6,13-18H2,1H3/t20-/m1/s1. The highest BCUT2D eigenvalue weighted by atomic mass is 16.5. The molecule has 0 unspecified atom stereocenters. The third kappa shape index (κ3) is 4.65. The van der Waals surface area contributed by atoms with Crippen molar-refractivity contribution < 1.29 is 14.1 Å². The van der Waals surface area contributed by atoms with Gasteiger partial charge < -0.3 is 24.0 Å². The molecule has 0 aliphatic carbocycles.